The predicted octanol–water partition coefficient (Wildman–Crippen LogP) is 5.53. The third-order valence-electron chi connectivity index (χ3n) is 3.54. The number of hydrogen-bond donors (Lipinski definition) is 0. The maximum Gasteiger partial charge on any atom is 0.0406 e. The van der Waals surface area contributed by atoms with Crippen molar-refractivity contribution in [1.29, 1.82) is 0 Å². The zero-order chi connectivity index (χ0) is 12.1. The van der Waals surface area contributed by atoms with Gasteiger partial charge in [0.1, 0.15) is 0 Å². The summed E-state index contributed by atoms with van der Waals surface area (Å²) in [5.41, 5.74) is 1.94. The van der Waals surface area contributed by atoms with E-state index >= 15 is 0 Å². The lowest BCUT2D eigenvalue weighted by atomic mass is 9.92. The second-order valence-electron chi connectivity index (χ2n) is 4.96. The van der Waals surface area contributed by atoms with Gasteiger partial charge in [0, 0.05) is 21.9 Å². The Kier molecular flexibility index (Phi) is 5.25. The first kappa shape index (κ1) is 13.8. The highest BCUT2D eigenvalue weighted by molar-refractivity contribution is 9.09. The number of hydrogen-bond acceptors (Lipinski definition) is 1. The molecule has 0 N–H and O–H groups in total. The molecule has 17 heavy (non-hydrogen) atoms. The third kappa shape index (κ3) is 3.90. The Balaban J connectivity index is 1.80. The van der Waals surface area contributed by atoms with E-state index in [1.807, 2.05) is 12.1 Å². The quantitative estimate of drug-likeness (QED) is 0.638. The minimum Gasteiger partial charge on any atom is -0.157 e. The fraction of sp³-hybridized carbons (Fsp3) is 0.571. The average molecular weight is 334 g/mol. The van der Waals surface area contributed by atoms with Crippen LogP contribution in [-0.4, -0.2) is 11.1 Å². The highest BCUT2D eigenvalue weighted by Crippen LogP contribution is 2.42. The summed E-state index contributed by atoms with van der Waals surface area (Å²) in [4.78, 5) is 0. The van der Waals surface area contributed by atoms with Crippen LogP contribution in [0.2, 0.25) is 5.02 Å². The first-order chi connectivity index (χ1) is 8.24. The molecule has 3 heteroatoms. The molecule has 1 fully saturated rings. The van der Waals surface area contributed by atoms with Gasteiger partial charge < -0.3 is 0 Å². The minimum absolute atomic E-state index is 0.567. The van der Waals surface area contributed by atoms with Crippen LogP contribution in [0.25, 0.3) is 0 Å². The Hall–Kier alpha value is 0.340. The van der Waals surface area contributed by atoms with E-state index in [1.165, 1.54) is 37.0 Å². The van der Waals surface area contributed by atoms with Gasteiger partial charge in [0.25, 0.3) is 0 Å². The van der Waals surface area contributed by atoms with Crippen LogP contribution in [0.1, 0.15) is 31.2 Å². The van der Waals surface area contributed by atoms with Crippen LogP contribution in [0, 0.1) is 5.41 Å². The van der Waals surface area contributed by atoms with Gasteiger partial charge >= 0.3 is 0 Å². The maximum atomic E-state index is 5.88. The molecule has 0 radical (unpaired) electrons. The van der Waals surface area contributed by atoms with Crippen molar-refractivity contribution in [2.75, 3.05) is 11.1 Å². The topological polar surface area (TPSA) is 0 Å². The lowest BCUT2D eigenvalue weighted by Crippen LogP contribution is -2.21. The summed E-state index contributed by atoms with van der Waals surface area (Å²) in [6.07, 6.45) is 5.61. The lowest BCUT2D eigenvalue weighted by Gasteiger charge is -2.25. The molecule has 0 bridgehead atoms. The molecule has 0 unspecified atom stereocenters. The van der Waals surface area contributed by atoms with Crippen molar-refractivity contribution in [1.82, 2.24) is 0 Å². The van der Waals surface area contributed by atoms with E-state index < -0.39 is 0 Å². The van der Waals surface area contributed by atoms with Crippen LogP contribution in [0.4, 0.5) is 0 Å². The molecule has 0 saturated heterocycles. The molecule has 0 amide bonds. The average Bonchev–Trinajstić information content (AvgIpc) is 2.81. The molecule has 0 aromatic heterocycles. The molecule has 2 rings (SSSR count). The van der Waals surface area contributed by atoms with Crippen LogP contribution < -0.4 is 0 Å². The monoisotopic (exact) mass is 332 g/mol. The SMILES string of the molecule is Clc1ccc(CSCC2(CBr)CCCC2)cc1. The van der Waals surface area contributed by atoms with E-state index in [0.717, 1.165) is 16.1 Å². The zero-order valence-corrected chi connectivity index (χ0v) is 13.1. The molecule has 0 spiro atoms. The summed E-state index contributed by atoms with van der Waals surface area (Å²) in [6, 6.07) is 8.22. The van der Waals surface area contributed by atoms with Crippen LogP contribution >= 0.6 is 39.3 Å². The largest absolute Gasteiger partial charge is 0.157 e. The molecule has 94 valence electrons. The molecule has 0 atom stereocenters. The lowest BCUT2D eigenvalue weighted by molar-refractivity contribution is 0.405. The predicted molar refractivity (Wildman–Crippen MR) is 82.3 cm³/mol. The summed E-state index contributed by atoms with van der Waals surface area (Å²) in [5.74, 6) is 2.38. The van der Waals surface area contributed by atoms with Gasteiger partial charge in [-0.3, -0.25) is 0 Å². The molecule has 0 aliphatic heterocycles. The Bertz CT molecular complexity index is 344. The highest BCUT2D eigenvalue weighted by Gasteiger charge is 2.32. The standard InChI is InChI=1S/C14H18BrClS/c15-10-14(7-1-2-8-14)11-17-9-12-3-5-13(16)6-4-12/h3-6H,1-2,7-11H2. The van der Waals surface area contributed by atoms with E-state index in [1.54, 1.807) is 0 Å². The molecular formula is C14H18BrClS. The minimum atomic E-state index is 0.567. The Morgan fingerprint density at radius 2 is 1.82 bits per heavy atom. The number of halogens is 2. The van der Waals surface area contributed by atoms with E-state index in [4.69, 9.17) is 11.6 Å². The van der Waals surface area contributed by atoms with Gasteiger partial charge in [-0.2, -0.15) is 11.8 Å². The van der Waals surface area contributed by atoms with E-state index in [2.05, 4.69) is 39.8 Å². The van der Waals surface area contributed by atoms with Crippen LogP contribution in [0.5, 0.6) is 0 Å². The fourth-order valence-corrected chi connectivity index (χ4v) is 4.91. The molecule has 0 nitrogen and oxygen atoms in total. The van der Waals surface area contributed by atoms with Gasteiger partial charge in [0.2, 0.25) is 0 Å². The maximum absolute atomic E-state index is 5.88. The van der Waals surface area contributed by atoms with Gasteiger partial charge in [-0.25, -0.2) is 0 Å². The summed E-state index contributed by atoms with van der Waals surface area (Å²) in [7, 11) is 0. The molecule has 1 aliphatic rings. The van der Waals surface area contributed by atoms with Crippen molar-refractivity contribution < 1.29 is 0 Å². The first-order valence-electron chi connectivity index (χ1n) is 6.12. The van der Waals surface area contributed by atoms with Gasteiger partial charge in [0.15, 0.2) is 0 Å². The van der Waals surface area contributed by atoms with Crippen molar-refractivity contribution in [2.45, 2.75) is 31.4 Å². The van der Waals surface area contributed by atoms with Crippen LogP contribution in [0.3, 0.4) is 0 Å². The van der Waals surface area contributed by atoms with E-state index in [-0.39, 0.29) is 0 Å². The first-order valence-corrected chi connectivity index (χ1v) is 8.78. The smallest absolute Gasteiger partial charge is 0.0406 e. The van der Waals surface area contributed by atoms with Crippen molar-refractivity contribution in [3.8, 4) is 0 Å². The van der Waals surface area contributed by atoms with Gasteiger partial charge in [-0.05, 0) is 36.0 Å². The Labute approximate surface area is 122 Å². The van der Waals surface area contributed by atoms with Gasteiger partial charge in [-0.15, -0.1) is 0 Å². The van der Waals surface area contributed by atoms with Gasteiger partial charge in [0.05, 0.1) is 0 Å². The van der Waals surface area contributed by atoms with Crippen molar-refractivity contribution >= 4 is 39.3 Å². The molecule has 1 aromatic carbocycles. The normalized spacial score (nSPS) is 18.5. The highest BCUT2D eigenvalue weighted by atomic mass is 79.9. The molecule has 1 aromatic rings. The van der Waals surface area contributed by atoms with E-state index in [0.29, 0.717) is 5.41 Å². The van der Waals surface area contributed by atoms with E-state index in [9.17, 15) is 0 Å². The molecular weight excluding hydrogens is 316 g/mol. The number of rotatable bonds is 5. The third-order valence-corrected chi connectivity index (χ3v) is 6.33. The van der Waals surface area contributed by atoms with Crippen LogP contribution in [0.15, 0.2) is 24.3 Å². The summed E-state index contributed by atoms with van der Waals surface area (Å²) in [6.45, 7) is 0. The second kappa shape index (κ2) is 6.49. The molecule has 1 saturated carbocycles. The van der Waals surface area contributed by atoms with Crippen molar-refractivity contribution in [3.63, 3.8) is 0 Å². The fourth-order valence-electron chi connectivity index (χ4n) is 2.41. The number of benzene rings is 1. The molecule has 1 aliphatic carbocycles. The van der Waals surface area contributed by atoms with Crippen LogP contribution in [-0.2, 0) is 5.75 Å². The molecule has 0 heterocycles. The second-order valence-corrected chi connectivity index (χ2v) is 6.94. The summed E-state index contributed by atoms with van der Waals surface area (Å²) in [5, 5.41) is 1.99. The number of thioether (sulfide) groups is 1. The summed E-state index contributed by atoms with van der Waals surface area (Å²) >= 11 is 11.6. The Morgan fingerprint density at radius 1 is 1.18 bits per heavy atom. The van der Waals surface area contributed by atoms with Gasteiger partial charge in [-0.1, -0.05) is 52.5 Å². The Morgan fingerprint density at radius 3 is 2.41 bits per heavy atom. The summed E-state index contributed by atoms with van der Waals surface area (Å²) < 4.78 is 0. The van der Waals surface area contributed by atoms with Crippen molar-refractivity contribution in [2.24, 2.45) is 5.41 Å². The zero-order valence-electron chi connectivity index (χ0n) is 9.92. The van der Waals surface area contributed by atoms with Crippen molar-refractivity contribution in [3.05, 3.63) is 34.9 Å². The number of alkyl halides is 1.